The Balaban J connectivity index is 1.52. The van der Waals surface area contributed by atoms with Gasteiger partial charge in [0, 0.05) is 37.9 Å². The molecule has 1 N–H and O–H groups in total. The number of carbonyl (C=O) groups excluding carboxylic acids is 1. The summed E-state index contributed by atoms with van der Waals surface area (Å²) in [5.74, 6) is 1.43. The minimum absolute atomic E-state index is 0.125. The Bertz CT molecular complexity index is 586. The van der Waals surface area contributed by atoms with E-state index in [4.69, 9.17) is 4.74 Å². The summed E-state index contributed by atoms with van der Waals surface area (Å²) in [6.07, 6.45) is 10.2. The van der Waals surface area contributed by atoms with E-state index in [1.807, 2.05) is 17.0 Å². The normalized spacial score (nSPS) is 30.0. The second kappa shape index (κ2) is 7.09. The number of hydrogen-bond donors (Lipinski definition) is 1. The monoisotopic (exact) mass is 329 g/mol. The zero-order chi connectivity index (χ0) is 16.4. The van der Waals surface area contributed by atoms with Gasteiger partial charge in [-0.15, -0.1) is 0 Å². The SMILES string of the molecule is O=C(c1cccnc1NC1CCCC2OCCC12)N1CCCCC1. The number of nitrogens with one attached hydrogen (secondary N) is 1. The van der Waals surface area contributed by atoms with Gasteiger partial charge in [-0.25, -0.2) is 4.98 Å². The maximum atomic E-state index is 12.9. The average Bonchev–Trinajstić information content (AvgIpc) is 3.12. The summed E-state index contributed by atoms with van der Waals surface area (Å²) < 4.78 is 5.86. The fourth-order valence-electron chi connectivity index (χ4n) is 4.49. The summed E-state index contributed by atoms with van der Waals surface area (Å²) in [5, 5.41) is 3.60. The molecule has 1 aromatic heterocycles. The molecule has 3 unspecified atom stereocenters. The smallest absolute Gasteiger partial charge is 0.257 e. The summed E-state index contributed by atoms with van der Waals surface area (Å²) in [6, 6.07) is 4.15. The van der Waals surface area contributed by atoms with E-state index in [1.54, 1.807) is 6.20 Å². The van der Waals surface area contributed by atoms with Gasteiger partial charge in [-0.05, 0) is 57.1 Å². The second-order valence-corrected chi connectivity index (χ2v) is 7.30. The summed E-state index contributed by atoms with van der Waals surface area (Å²) in [5.41, 5.74) is 0.723. The predicted octanol–water partition coefficient (Wildman–Crippen LogP) is 3.08. The van der Waals surface area contributed by atoms with E-state index in [9.17, 15) is 4.79 Å². The Kier molecular flexibility index (Phi) is 4.69. The molecule has 0 bridgehead atoms. The van der Waals surface area contributed by atoms with Crippen LogP contribution in [0, 0.1) is 5.92 Å². The molecule has 4 rings (SSSR count). The van der Waals surface area contributed by atoms with Crippen molar-refractivity contribution in [2.75, 3.05) is 25.0 Å². The quantitative estimate of drug-likeness (QED) is 0.926. The van der Waals surface area contributed by atoms with Crippen molar-refractivity contribution in [3.63, 3.8) is 0 Å². The summed E-state index contributed by atoms with van der Waals surface area (Å²) in [6.45, 7) is 2.61. The van der Waals surface area contributed by atoms with E-state index < -0.39 is 0 Å². The van der Waals surface area contributed by atoms with Crippen molar-refractivity contribution in [1.82, 2.24) is 9.88 Å². The van der Waals surface area contributed by atoms with Crippen LogP contribution < -0.4 is 5.32 Å². The molecule has 3 aliphatic rings. The highest BCUT2D eigenvalue weighted by Gasteiger charge is 2.38. The van der Waals surface area contributed by atoms with Crippen LogP contribution in [-0.2, 0) is 4.74 Å². The predicted molar refractivity (Wildman–Crippen MR) is 93.1 cm³/mol. The second-order valence-electron chi connectivity index (χ2n) is 7.30. The van der Waals surface area contributed by atoms with Gasteiger partial charge in [0.2, 0.25) is 0 Å². The van der Waals surface area contributed by atoms with Gasteiger partial charge in [0.25, 0.3) is 5.91 Å². The molecule has 3 fully saturated rings. The lowest BCUT2D eigenvalue weighted by molar-refractivity contribution is 0.0619. The van der Waals surface area contributed by atoms with Gasteiger partial charge in [-0.3, -0.25) is 4.79 Å². The fourth-order valence-corrected chi connectivity index (χ4v) is 4.49. The van der Waals surface area contributed by atoms with E-state index in [-0.39, 0.29) is 5.91 Å². The van der Waals surface area contributed by atoms with Crippen LogP contribution >= 0.6 is 0 Å². The number of aromatic nitrogens is 1. The maximum absolute atomic E-state index is 12.9. The van der Waals surface area contributed by atoms with E-state index >= 15 is 0 Å². The first-order valence-electron chi connectivity index (χ1n) is 9.45. The molecular formula is C19H27N3O2. The molecule has 1 aliphatic carbocycles. The molecule has 1 saturated carbocycles. The number of fused-ring (bicyclic) bond motifs is 1. The first kappa shape index (κ1) is 15.9. The third kappa shape index (κ3) is 3.14. The molecule has 3 heterocycles. The number of amides is 1. The molecular weight excluding hydrogens is 302 g/mol. The van der Waals surface area contributed by atoms with Crippen molar-refractivity contribution in [3.05, 3.63) is 23.9 Å². The van der Waals surface area contributed by atoms with E-state index in [0.29, 0.717) is 18.1 Å². The van der Waals surface area contributed by atoms with Crippen molar-refractivity contribution in [1.29, 1.82) is 0 Å². The molecule has 5 nitrogen and oxygen atoms in total. The van der Waals surface area contributed by atoms with Crippen LogP contribution in [0.25, 0.3) is 0 Å². The highest BCUT2D eigenvalue weighted by molar-refractivity contribution is 5.98. The van der Waals surface area contributed by atoms with Crippen LogP contribution in [-0.4, -0.2) is 47.6 Å². The third-order valence-corrected chi connectivity index (χ3v) is 5.78. The number of hydrogen-bond acceptors (Lipinski definition) is 4. The number of ether oxygens (including phenoxy) is 1. The number of nitrogens with zero attached hydrogens (tertiary/aromatic N) is 2. The van der Waals surface area contributed by atoms with Crippen molar-refractivity contribution in [2.45, 2.75) is 57.1 Å². The van der Waals surface area contributed by atoms with E-state index in [1.165, 1.54) is 19.3 Å². The van der Waals surface area contributed by atoms with Crippen LogP contribution in [0.15, 0.2) is 18.3 Å². The van der Waals surface area contributed by atoms with Gasteiger partial charge >= 0.3 is 0 Å². The number of carbonyl (C=O) groups is 1. The Hall–Kier alpha value is -1.62. The molecule has 0 radical (unpaired) electrons. The van der Waals surface area contributed by atoms with Gasteiger partial charge in [0.05, 0.1) is 11.7 Å². The minimum atomic E-state index is 0.125. The van der Waals surface area contributed by atoms with Gasteiger partial charge < -0.3 is 15.0 Å². The highest BCUT2D eigenvalue weighted by atomic mass is 16.5. The topological polar surface area (TPSA) is 54.5 Å². The number of anilines is 1. The van der Waals surface area contributed by atoms with Crippen molar-refractivity contribution in [3.8, 4) is 0 Å². The Morgan fingerprint density at radius 3 is 2.92 bits per heavy atom. The molecule has 130 valence electrons. The van der Waals surface area contributed by atoms with Gasteiger partial charge in [0.1, 0.15) is 5.82 Å². The number of pyridine rings is 1. The van der Waals surface area contributed by atoms with Gasteiger partial charge in [-0.1, -0.05) is 0 Å². The van der Waals surface area contributed by atoms with Gasteiger partial charge in [0.15, 0.2) is 0 Å². The molecule has 2 saturated heterocycles. The lowest BCUT2D eigenvalue weighted by Crippen LogP contribution is -2.40. The van der Waals surface area contributed by atoms with Crippen LogP contribution in [0.4, 0.5) is 5.82 Å². The Morgan fingerprint density at radius 1 is 1.17 bits per heavy atom. The van der Waals surface area contributed by atoms with Crippen molar-refractivity contribution >= 4 is 11.7 Å². The summed E-state index contributed by atoms with van der Waals surface area (Å²) in [4.78, 5) is 19.4. The lowest BCUT2D eigenvalue weighted by Gasteiger charge is -2.34. The lowest BCUT2D eigenvalue weighted by atomic mass is 9.82. The maximum Gasteiger partial charge on any atom is 0.257 e. The first-order valence-corrected chi connectivity index (χ1v) is 9.45. The molecule has 24 heavy (non-hydrogen) atoms. The van der Waals surface area contributed by atoms with Crippen LogP contribution in [0.5, 0.6) is 0 Å². The summed E-state index contributed by atoms with van der Waals surface area (Å²) >= 11 is 0. The van der Waals surface area contributed by atoms with Crippen molar-refractivity contribution < 1.29 is 9.53 Å². The Labute approximate surface area is 143 Å². The molecule has 1 amide bonds. The highest BCUT2D eigenvalue weighted by Crippen LogP contribution is 2.36. The fraction of sp³-hybridized carbons (Fsp3) is 0.684. The van der Waals surface area contributed by atoms with Gasteiger partial charge in [-0.2, -0.15) is 0 Å². The number of rotatable bonds is 3. The first-order chi connectivity index (χ1) is 11.8. The van der Waals surface area contributed by atoms with Crippen molar-refractivity contribution in [2.24, 2.45) is 5.92 Å². The molecule has 1 aromatic rings. The number of piperidine rings is 1. The van der Waals surface area contributed by atoms with E-state index in [0.717, 1.165) is 56.8 Å². The van der Waals surface area contributed by atoms with E-state index in [2.05, 4.69) is 10.3 Å². The average molecular weight is 329 g/mol. The van der Waals surface area contributed by atoms with Crippen LogP contribution in [0.2, 0.25) is 0 Å². The largest absolute Gasteiger partial charge is 0.378 e. The molecule has 0 spiro atoms. The molecule has 2 aliphatic heterocycles. The van der Waals surface area contributed by atoms with Crippen LogP contribution in [0.1, 0.15) is 55.3 Å². The zero-order valence-electron chi connectivity index (χ0n) is 14.2. The molecule has 5 heteroatoms. The van der Waals surface area contributed by atoms with Crippen LogP contribution in [0.3, 0.4) is 0 Å². The third-order valence-electron chi connectivity index (χ3n) is 5.78. The molecule has 0 aromatic carbocycles. The standard InChI is InChI=1S/C19H27N3O2/c23-19(22-11-2-1-3-12-22)15-6-5-10-20-18(15)21-16-7-4-8-17-14(16)9-13-24-17/h5-6,10,14,16-17H,1-4,7-9,11-13H2,(H,20,21). The minimum Gasteiger partial charge on any atom is -0.378 e. The summed E-state index contributed by atoms with van der Waals surface area (Å²) in [7, 11) is 0. The molecule has 3 atom stereocenters. The zero-order valence-corrected chi connectivity index (χ0v) is 14.2. The Morgan fingerprint density at radius 2 is 2.04 bits per heavy atom. The number of likely N-dealkylation sites (tertiary alicyclic amines) is 1.